The standard InChI is InChI=1S/C24H17N3OS/c28-23-15-22(18-7-3-1-4-8-18)26-24-21(16-25-27(23)24)17-11-13-20(14-12-17)29-19-9-5-2-6-10-19/h1-16,28H. The van der Waals surface area contributed by atoms with E-state index in [1.807, 2.05) is 48.5 Å². The van der Waals surface area contributed by atoms with E-state index in [4.69, 9.17) is 4.98 Å². The predicted octanol–water partition coefficient (Wildman–Crippen LogP) is 5.92. The fourth-order valence-corrected chi connectivity index (χ4v) is 4.07. The van der Waals surface area contributed by atoms with Gasteiger partial charge in [-0.1, -0.05) is 72.4 Å². The molecule has 1 N–H and O–H groups in total. The van der Waals surface area contributed by atoms with Gasteiger partial charge in [0.2, 0.25) is 5.88 Å². The highest BCUT2D eigenvalue weighted by atomic mass is 32.2. The molecule has 29 heavy (non-hydrogen) atoms. The minimum absolute atomic E-state index is 0.0661. The molecule has 5 aromatic rings. The largest absolute Gasteiger partial charge is 0.493 e. The van der Waals surface area contributed by atoms with Crippen molar-refractivity contribution in [1.29, 1.82) is 0 Å². The molecule has 5 heteroatoms. The summed E-state index contributed by atoms with van der Waals surface area (Å²) in [6.45, 7) is 0. The molecule has 0 saturated heterocycles. The van der Waals surface area contributed by atoms with Crippen LogP contribution in [0.25, 0.3) is 28.0 Å². The molecular weight excluding hydrogens is 378 g/mol. The topological polar surface area (TPSA) is 50.4 Å². The Morgan fingerprint density at radius 3 is 2.10 bits per heavy atom. The van der Waals surface area contributed by atoms with Gasteiger partial charge in [-0.2, -0.15) is 9.61 Å². The second kappa shape index (κ2) is 7.45. The van der Waals surface area contributed by atoms with Crippen LogP contribution in [0.2, 0.25) is 0 Å². The molecule has 0 radical (unpaired) electrons. The average molecular weight is 395 g/mol. The minimum Gasteiger partial charge on any atom is -0.493 e. The van der Waals surface area contributed by atoms with Gasteiger partial charge < -0.3 is 5.11 Å². The van der Waals surface area contributed by atoms with Gasteiger partial charge in [0.15, 0.2) is 5.65 Å². The Morgan fingerprint density at radius 2 is 1.38 bits per heavy atom. The number of nitrogens with zero attached hydrogens (tertiary/aromatic N) is 3. The summed E-state index contributed by atoms with van der Waals surface area (Å²) in [7, 11) is 0. The van der Waals surface area contributed by atoms with Crippen LogP contribution in [-0.4, -0.2) is 19.7 Å². The molecule has 0 aliphatic carbocycles. The summed E-state index contributed by atoms with van der Waals surface area (Å²) >= 11 is 1.72. The van der Waals surface area contributed by atoms with Crippen molar-refractivity contribution >= 4 is 17.4 Å². The van der Waals surface area contributed by atoms with Gasteiger partial charge in [0.25, 0.3) is 0 Å². The van der Waals surface area contributed by atoms with Gasteiger partial charge in [0.05, 0.1) is 11.9 Å². The van der Waals surface area contributed by atoms with Crippen LogP contribution in [0.5, 0.6) is 5.88 Å². The Morgan fingerprint density at radius 1 is 0.724 bits per heavy atom. The van der Waals surface area contributed by atoms with E-state index in [-0.39, 0.29) is 5.88 Å². The van der Waals surface area contributed by atoms with Gasteiger partial charge in [0.1, 0.15) is 0 Å². The summed E-state index contributed by atoms with van der Waals surface area (Å²) in [5, 5.41) is 14.8. The maximum absolute atomic E-state index is 10.4. The summed E-state index contributed by atoms with van der Waals surface area (Å²) in [5.74, 6) is 0.0661. The van der Waals surface area contributed by atoms with E-state index >= 15 is 0 Å². The maximum atomic E-state index is 10.4. The highest BCUT2D eigenvalue weighted by molar-refractivity contribution is 7.99. The van der Waals surface area contributed by atoms with Gasteiger partial charge >= 0.3 is 0 Å². The molecule has 4 nitrogen and oxygen atoms in total. The molecule has 0 aliphatic rings. The SMILES string of the molecule is Oc1cc(-c2ccccc2)nc2c(-c3ccc(Sc4ccccc4)cc3)cnn12. The lowest BCUT2D eigenvalue weighted by molar-refractivity contribution is 0.436. The van der Waals surface area contributed by atoms with Crippen LogP contribution in [0.4, 0.5) is 0 Å². The van der Waals surface area contributed by atoms with E-state index in [0.717, 1.165) is 21.6 Å². The highest BCUT2D eigenvalue weighted by Crippen LogP contribution is 2.32. The Labute approximate surface area is 172 Å². The molecule has 0 amide bonds. The predicted molar refractivity (Wildman–Crippen MR) is 116 cm³/mol. The molecule has 0 saturated carbocycles. The van der Waals surface area contributed by atoms with E-state index in [1.54, 1.807) is 24.0 Å². The first-order valence-electron chi connectivity index (χ1n) is 9.24. The zero-order valence-corrected chi connectivity index (χ0v) is 16.3. The van der Waals surface area contributed by atoms with Crippen molar-refractivity contribution in [2.75, 3.05) is 0 Å². The van der Waals surface area contributed by atoms with Crippen LogP contribution >= 0.6 is 11.8 Å². The second-order valence-electron chi connectivity index (χ2n) is 6.60. The van der Waals surface area contributed by atoms with Crippen LogP contribution in [0.15, 0.2) is 107 Å². The highest BCUT2D eigenvalue weighted by Gasteiger charge is 2.13. The van der Waals surface area contributed by atoms with Crippen molar-refractivity contribution in [2.45, 2.75) is 9.79 Å². The number of aromatic hydroxyl groups is 1. The average Bonchev–Trinajstić information content (AvgIpc) is 3.20. The molecule has 140 valence electrons. The van der Waals surface area contributed by atoms with E-state index in [2.05, 4.69) is 41.5 Å². The van der Waals surface area contributed by atoms with Gasteiger partial charge in [0, 0.05) is 27.0 Å². The van der Waals surface area contributed by atoms with Crippen molar-refractivity contribution < 1.29 is 5.11 Å². The van der Waals surface area contributed by atoms with Crippen molar-refractivity contribution in [3.05, 3.63) is 97.2 Å². The Bertz CT molecular complexity index is 1270. The first-order chi connectivity index (χ1) is 14.3. The van der Waals surface area contributed by atoms with Crippen molar-refractivity contribution in [3.8, 4) is 28.3 Å². The smallest absolute Gasteiger partial charge is 0.216 e. The lowest BCUT2D eigenvalue weighted by Crippen LogP contribution is -1.94. The molecule has 2 aromatic heterocycles. The van der Waals surface area contributed by atoms with Crippen molar-refractivity contribution in [2.24, 2.45) is 0 Å². The molecule has 0 atom stereocenters. The van der Waals surface area contributed by atoms with Crippen molar-refractivity contribution in [1.82, 2.24) is 14.6 Å². The molecule has 0 fully saturated rings. The van der Waals surface area contributed by atoms with E-state index in [1.165, 1.54) is 9.41 Å². The summed E-state index contributed by atoms with van der Waals surface area (Å²) in [6, 6.07) is 30.1. The summed E-state index contributed by atoms with van der Waals surface area (Å²) in [6.07, 6.45) is 1.75. The van der Waals surface area contributed by atoms with Gasteiger partial charge in [-0.15, -0.1) is 0 Å². The molecule has 0 unspecified atom stereocenters. The Balaban J connectivity index is 1.52. The Kier molecular flexibility index (Phi) is 4.50. The molecular formula is C24H17N3OS. The monoisotopic (exact) mass is 395 g/mol. The molecule has 3 aromatic carbocycles. The quantitative estimate of drug-likeness (QED) is 0.410. The molecule has 0 aliphatic heterocycles. The van der Waals surface area contributed by atoms with Crippen molar-refractivity contribution in [3.63, 3.8) is 0 Å². The number of fused-ring (bicyclic) bond motifs is 1. The number of aromatic nitrogens is 3. The minimum atomic E-state index is 0.0661. The third kappa shape index (κ3) is 3.48. The summed E-state index contributed by atoms with van der Waals surface area (Å²) in [4.78, 5) is 7.14. The number of rotatable bonds is 4. The number of hydrogen-bond donors (Lipinski definition) is 1. The third-order valence-corrected chi connectivity index (χ3v) is 5.68. The lowest BCUT2D eigenvalue weighted by atomic mass is 10.1. The van der Waals surface area contributed by atoms with E-state index in [0.29, 0.717) is 11.3 Å². The summed E-state index contributed by atoms with van der Waals surface area (Å²) < 4.78 is 1.47. The first kappa shape index (κ1) is 17.5. The van der Waals surface area contributed by atoms with Gasteiger partial charge in [-0.05, 0) is 29.8 Å². The van der Waals surface area contributed by atoms with Gasteiger partial charge in [-0.3, -0.25) is 0 Å². The van der Waals surface area contributed by atoms with E-state index in [9.17, 15) is 5.11 Å². The van der Waals surface area contributed by atoms with Gasteiger partial charge in [-0.25, -0.2) is 4.98 Å². The maximum Gasteiger partial charge on any atom is 0.216 e. The number of hydrogen-bond acceptors (Lipinski definition) is 4. The molecule has 0 bridgehead atoms. The zero-order valence-electron chi connectivity index (χ0n) is 15.4. The first-order valence-corrected chi connectivity index (χ1v) is 10.1. The van der Waals surface area contributed by atoms with Crippen LogP contribution in [0.1, 0.15) is 0 Å². The molecule has 0 spiro atoms. The third-order valence-electron chi connectivity index (χ3n) is 4.67. The number of benzene rings is 3. The summed E-state index contributed by atoms with van der Waals surface area (Å²) in [5.41, 5.74) is 4.19. The van der Waals surface area contributed by atoms with E-state index < -0.39 is 0 Å². The molecule has 5 rings (SSSR count). The normalized spacial score (nSPS) is 11.0. The van der Waals surface area contributed by atoms with Crippen LogP contribution in [0.3, 0.4) is 0 Å². The van der Waals surface area contributed by atoms with Crippen LogP contribution in [0, 0.1) is 0 Å². The second-order valence-corrected chi connectivity index (χ2v) is 7.75. The molecule has 2 heterocycles. The fraction of sp³-hybridized carbons (Fsp3) is 0. The van der Waals surface area contributed by atoms with Crippen LogP contribution < -0.4 is 0 Å². The lowest BCUT2D eigenvalue weighted by Gasteiger charge is -2.06. The zero-order chi connectivity index (χ0) is 19.6. The Hall–Kier alpha value is -3.57. The van der Waals surface area contributed by atoms with Crippen LogP contribution in [-0.2, 0) is 0 Å². The fourth-order valence-electron chi connectivity index (χ4n) is 3.23.